The van der Waals surface area contributed by atoms with Crippen LogP contribution in [-0.4, -0.2) is 53.4 Å². The van der Waals surface area contributed by atoms with Crippen LogP contribution in [0.25, 0.3) is 0 Å². The van der Waals surface area contributed by atoms with Crippen molar-refractivity contribution in [3.8, 4) is 11.5 Å². The minimum Gasteiger partial charge on any atom is -0.493 e. The number of halogens is 1. The quantitative estimate of drug-likeness (QED) is 0.549. The number of nitrogens with one attached hydrogen (secondary N) is 1. The predicted molar refractivity (Wildman–Crippen MR) is 130 cm³/mol. The van der Waals surface area contributed by atoms with Crippen molar-refractivity contribution in [2.24, 2.45) is 5.92 Å². The van der Waals surface area contributed by atoms with Crippen molar-refractivity contribution in [1.29, 1.82) is 0 Å². The summed E-state index contributed by atoms with van der Waals surface area (Å²) in [6, 6.07) is 11.4. The maximum Gasteiger partial charge on any atom is 0.250 e. The Balaban J connectivity index is 1.28. The summed E-state index contributed by atoms with van der Waals surface area (Å²) in [7, 11) is 3.25. The van der Waals surface area contributed by atoms with Gasteiger partial charge < -0.3 is 24.3 Å². The van der Waals surface area contributed by atoms with Crippen molar-refractivity contribution in [2.75, 3.05) is 44.1 Å². The van der Waals surface area contributed by atoms with Gasteiger partial charge in [-0.15, -0.1) is 0 Å². The van der Waals surface area contributed by atoms with Crippen LogP contribution in [0.4, 0.5) is 11.9 Å². The first kappa shape index (κ1) is 22.5. The van der Waals surface area contributed by atoms with Crippen LogP contribution in [0.1, 0.15) is 23.6 Å². The van der Waals surface area contributed by atoms with Gasteiger partial charge in [0, 0.05) is 43.9 Å². The molecule has 34 heavy (non-hydrogen) atoms. The number of aromatic nitrogens is 4. The smallest absolute Gasteiger partial charge is 0.250 e. The summed E-state index contributed by atoms with van der Waals surface area (Å²) in [4.78, 5) is 27.7. The summed E-state index contributed by atoms with van der Waals surface area (Å²) < 4.78 is 12.6. The fraction of sp³-hybridized carbons (Fsp3) is 0.417. The Morgan fingerprint density at radius 1 is 1.06 bits per heavy atom. The molecule has 0 spiro atoms. The van der Waals surface area contributed by atoms with E-state index >= 15 is 0 Å². The number of hydrogen-bond donors (Lipinski definition) is 1. The molecule has 0 saturated carbocycles. The second-order valence-electron chi connectivity index (χ2n) is 8.70. The minimum absolute atomic E-state index is 0.0739. The normalized spacial score (nSPS) is 18.9. The van der Waals surface area contributed by atoms with Crippen LogP contribution in [0.2, 0.25) is 5.28 Å². The molecule has 5 rings (SSSR count). The molecule has 3 aromatic rings. The first-order chi connectivity index (χ1) is 16.5. The molecule has 1 aromatic carbocycles. The van der Waals surface area contributed by atoms with Crippen molar-refractivity contribution in [3.05, 3.63) is 63.3 Å². The predicted octanol–water partition coefficient (Wildman–Crippen LogP) is 2.98. The summed E-state index contributed by atoms with van der Waals surface area (Å²) in [6.07, 6.45) is 1.81. The van der Waals surface area contributed by atoms with Crippen molar-refractivity contribution in [1.82, 2.24) is 19.5 Å². The van der Waals surface area contributed by atoms with E-state index in [1.54, 1.807) is 20.3 Å². The third kappa shape index (κ3) is 4.52. The molecule has 2 aromatic heterocycles. The van der Waals surface area contributed by atoms with Crippen LogP contribution in [-0.2, 0) is 13.0 Å². The van der Waals surface area contributed by atoms with Gasteiger partial charge in [0.15, 0.2) is 11.5 Å². The third-order valence-corrected chi connectivity index (χ3v) is 6.67. The van der Waals surface area contributed by atoms with Crippen LogP contribution in [0.3, 0.4) is 0 Å². The van der Waals surface area contributed by atoms with Gasteiger partial charge >= 0.3 is 0 Å². The highest BCUT2D eigenvalue weighted by Crippen LogP contribution is 2.36. The standard InChI is InChI=1S/C24H27ClN6O3/c1-33-19-7-6-15(11-20(19)34-2)8-9-26-23-27-22(25)28-24(29-23)30-12-16-10-17(14-30)18-4-3-5-21(32)31(18)13-16/h3-7,11,16-17H,8-10,12-14H2,1-2H3,(H,26,27,28,29)/t16-,17+/m0/s1. The Morgan fingerprint density at radius 2 is 1.91 bits per heavy atom. The molecular formula is C24H27ClN6O3. The van der Waals surface area contributed by atoms with Gasteiger partial charge in [0.05, 0.1) is 14.2 Å². The molecule has 2 bridgehead atoms. The molecule has 0 unspecified atom stereocenters. The topological polar surface area (TPSA) is 94.4 Å². The van der Waals surface area contributed by atoms with E-state index in [0.29, 0.717) is 35.9 Å². The molecule has 2 aliphatic heterocycles. The lowest BCUT2D eigenvalue weighted by molar-refractivity contribution is 0.279. The van der Waals surface area contributed by atoms with Gasteiger partial charge in [0.2, 0.25) is 17.2 Å². The zero-order chi connectivity index (χ0) is 23.7. The molecule has 0 amide bonds. The lowest BCUT2D eigenvalue weighted by atomic mass is 9.83. The maximum atomic E-state index is 12.3. The van der Waals surface area contributed by atoms with E-state index in [4.69, 9.17) is 21.1 Å². The molecular weight excluding hydrogens is 456 g/mol. The number of rotatable bonds is 7. The summed E-state index contributed by atoms with van der Waals surface area (Å²) in [6.45, 7) is 2.86. The number of pyridine rings is 1. The van der Waals surface area contributed by atoms with E-state index in [-0.39, 0.29) is 16.8 Å². The summed E-state index contributed by atoms with van der Waals surface area (Å²) in [5, 5.41) is 3.42. The van der Waals surface area contributed by atoms with Gasteiger partial charge in [-0.1, -0.05) is 12.1 Å². The maximum absolute atomic E-state index is 12.3. The molecule has 2 aliphatic rings. The van der Waals surface area contributed by atoms with Crippen LogP contribution in [0.15, 0.2) is 41.2 Å². The lowest BCUT2D eigenvalue weighted by Gasteiger charge is -2.42. The first-order valence-corrected chi connectivity index (χ1v) is 11.7. The van der Waals surface area contributed by atoms with Crippen molar-refractivity contribution >= 4 is 23.5 Å². The molecule has 1 saturated heterocycles. The number of nitrogens with zero attached hydrogens (tertiary/aromatic N) is 5. The van der Waals surface area contributed by atoms with E-state index in [9.17, 15) is 4.79 Å². The zero-order valence-corrected chi connectivity index (χ0v) is 20.0. The van der Waals surface area contributed by atoms with Gasteiger partial charge in [-0.2, -0.15) is 15.0 Å². The molecule has 10 heteroatoms. The van der Waals surface area contributed by atoms with Crippen LogP contribution >= 0.6 is 11.6 Å². The largest absolute Gasteiger partial charge is 0.493 e. The molecule has 1 fully saturated rings. The molecule has 1 N–H and O–H groups in total. The van der Waals surface area contributed by atoms with Gasteiger partial charge in [-0.3, -0.25) is 4.79 Å². The van der Waals surface area contributed by atoms with Gasteiger partial charge in [-0.05, 0) is 54.1 Å². The Kier molecular flexibility index (Phi) is 6.28. The number of fused-ring (bicyclic) bond motifs is 4. The molecule has 4 heterocycles. The van der Waals surface area contributed by atoms with E-state index in [1.807, 2.05) is 34.9 Å². The van der Waals surface area contributed by atoms with Gasteiger partial charge in [0.1, 0.15) is 0 Å². The number of piperidine rings is 1. The Labute approximate surface area is 202 Å². The molecule has 2 atom stereocenters. The van der Waals surface area contributed by atoms with Crippen molar-refractivity contribution in [3.63, 3.8) is 0 Å². The van der Waals surface area contributed by atoms with Gasteiger partial charge in [-0.25, -0.2) is 0 Å². The summed E-state index contributed by atoms with van der Waals surface area (Å²) in [5.74, 6) is 3.04. The highest BCUT2D eigenvalue weighted by Gasteiger charge is 2.35. The average molecular weight is 483 g/mol. The number of ether oxygens (including phenoxy) is 2. The van der Waals surface area contributed by atoms with E-state index in [1.165, 1.54) is 0 Å². The average Bonchev–Trinajstić information content (AvgIpc) is 2.84. The fourth-order valence-electron chi connectivity index (χ4n) is 4.97. The first-order valence-electron chi connectivity index (χ1n) is 11.3. The number of benzene rings is 1. The molecule has 178 valence electrons. The second kappa shape index (κ2) is 9.50. The van der Waals surface area contributed by atoms with E-state index in [2.05, 4.69) is 25.2 Å². The van der Waals surface area contributed by atoms with Crippen LogP contribution in [0.5, 0.6) is 11.5 Å². The van der Waals surface area contributed by atoms with Crippen LogP contribution < -0.4 is 25.2 Å². The fourth-order valence-corrected chi connectivity index (χ4v) is 5.13. The van der Waals surface area contributed by atoms with E-state index in [0.717, 1.165) is 43.7 Å². The highest BCUT2D eigenvalue weighted by atomic mass is 35.5. The Morgan fingerprint density at radius 3 is 2.74 bits per heavy atom. The minimum atomic E-state index is 0.0739. The monoisotopic (exact) mass is 482 g/mol. The zero-order valence-electron chi connectivity index (χ0n) is 19.2. The van der Waals surface area contributed by atoms with Crippen molar-refractivity contribution in [2.45, 2.75) is 25.3 Å². The highest BCUT2D eigenvalue weighted by molar-refractivity contribution is 6.28. The number of methoxy groups -OCH3 is 2. The Hall–Kier alpha value is -3.33. The lowest BCUT2D eigenvalue weighted by Crippen LogP contribution is -2.47. The Bertz CT molecular complexity index is 1250. The summed E-state index contributed by atoms with van der Waals surface area (Å²) in [5.41, 5.74) is 2.26. The molecule has 0 aliphatic carbocycles. The molecule has 0 radical (unpaired) electrons. The number of anilines is 2. The van der Waals surface area contributed by atoms with Crippen LogP contribution in [0, 0.1) is 5.92 Å². The third-order valence-electron chi connectivity index (χ3n) is 6.50. The van der Waals surface area contributed by atoms with E-state index < -0.39 is 0 Å². The number of hydrogen-bond acceptors (Lipinski definition) is 8. The molecule has 9 nitrogen and oxygen atoms in total. The second-order valence-corrected chi connectivity index (χ2v) is 9.04. The SMILES string of the molecule is COc1ccc(CCNc2nc(Cl)nc(N3C[C@@H]4C[C@H](C3)c3cccc(=O)n3C4)n2)cc1OC. The summed E-state index contributed by atoms with van der Waals surface area (Å²) >= 11 is 6.26. The van der Waals surface area contributed by atoms with Gasteiger partial charge in [0.25, 0.3) is 5.56 Å². The van der Waals surface area contributed by atoms with Crippen molar-refractivity contribution < 1.29 is 9.47 Å².